The predicted molar refractivity (Wildman–Crippen MR) is 128 cm³/mol. The minimum absolute atomic E-state index is 0.0149. The number of hydrazone groups is 1. The Labute approximate surface area is 213 Å². The van der Waals surface area contributed by atoms with Gasteiger partial charge >= 0.3 is 6.18 Å². The summed E-state index contributed by atoms with van der Waals surface area (Å²) < 4.78 is 80.1. The highest BCUT2D eigenvalue weighted by Crippen LogP contribution is 2.40. The molecule has 38 heavy (non-hydrogen) atoms. The van der Waals surface area contributed by atoms with E-state index in [0.717, 1.165) is 12.1 Å². The molecule has 1 aliphatic heterocycles. The fourth-order valence-electron chi connectivity index (χ4n) is 4.08. The number of imidazole rings is 1. The van der Waals surface area contributed by atoms with Crippen molar-refractivity contribution in [1.82, 2.24) is 20.1 Å². The summed E-state index contributed by atoms with van der Waals surface area (Å²) >= 11 is 0. The molecule has 1 atom stereocenters. The van der Waals surface area contributed by atoms with Crippen molar-refractivity contribution < 1.29 is 31.2 Å². The summed E-state index contributed by atoms with van der Waals surface area (Å²) in [6.45, 7) is 4.13. The van der Waals surface area contributed by atoms with Crippen LogP contribution in [0.25, 0.3) is 22.6 Å². The third kappa shape index (κ3) is 4.85. The van der Waals surface area contributed by atoms with E-state index in [2.05, 4.69) is 20.2 Å². The quantitative estimate of drug-likeness (QED) is 0.268. The minimum Gasteiger partial charge on any atom is -0.494 e. The summed E-state index contributed by atoms with van der Waals surface area (Å²) in [5.74, 6) is -1.44. The van der Waals surface area contributed by atoms with E-state index in [-0.39, 0.29) is 40.7 Å². The maximum Gasteiger partial charge on any atom is 0.417 e. The second-order valence-electron chi connectivity index (χ2n) is 8.74. The Morgan fingerprint density at radius 3 is 2.71 bits per heavy atom. The number of H-pyrrole nitrogens is 1. The number of nitrogens with one attached hydrogen (secondary N) is 1. The third-order valence-corrected chi connectivity index (χ3v) is 6.10. The van der Waals surface area contributed by atoms with Crippen LogP contribution in [0.5, 0.6) is 5.75 Å². The number of benzene rings is 2. The fourth-order valence-corrected chi connectivity index (χ4v) is 4.08. The van der Waals surface area contributed by atoms with Gasteiger partial charge in [-0.2, -0.15) is 18.3 Å². The first-order chi connectivity index (χ1) is 18.2. The van der Waals surface area contributed by atoms with Crippen LogP contribution in [-0.2, 0) is 12.7 Å². The Bertz CT molecular complexity index is 1490. The second kappa shape index (κ2) is 9.92. The van der Waals surface area contributed by atoms with Gasteiger partial charge in [0.05, 0.1) is 36.2 Å². The Balaban J connectivity index is 1.37. The van der Waals surface area contributed by atoms with Crippen LogP contribution >= 0.6 is 0 Å². The summed E-state index contributed by atoms with van der Waals surface area (Å²) in [7, 11) is 0. The van der Waals surface area contributed by atoms with E-state index in [1.165, 1.54) is 36.5 Å². The molecule has 4 aromatic rings. The maximum atomic E-state index is 14.2. The van der Waals surface area contributed by atoms with E-state index in [4.69, 9.17) is 9.26 Å². The molecule has 198 valence electrons. The molecule has 0 saturated heterocycles. The molecular formula is C26H22F5N5O2. The van der Waals surface area contributed by atoms with Gasteiger partial charge in [-0.15, -0.1) is 0 Å². The molecule has 5 rings (SSSR count). The van der Waals surface area contributed by atoms with Gasteiger partial charge in [0.2, 0.25) is 0 Å². The van der Waals surface area contributed by atoms with Crippen molar-refractivity contribution in [3.05, 3.63) is 76.8 Å². The van der Waals surface area contributed by atoms with Gasteiger partial charge in [-0.25, -0.2) is 13.8 Å². The summed E-state index contributed by atoms with van der Waals surface area (Å²) in [4.78, 5) is 7.30. The Hall–Kier alpha value is -4.22. The first-order valence-corrected chi connectivity index (χ1v) is 11.8. The van der Waals surface area contributed by atoms with Crippen molar-refractivity contribution >= 4 is 6.21 Å². The number of aromatic nitrogens is 3. The first kappa shape index (κ1) is 25.4. The number of hydrogen-bond donors (Lipinski definition) is 1. The van der Waals surface area contributed by atoms with Gasteiger partial charge in [0.15, 0.2) is 17.4 Å². The van der Waals surface area contributed by atoms with Crippen molar-refractivity contribution in [2.45, 2.75) is 39.0 Å². The zero-order chi connectivity index (χ0) is 27.0. The standard InChI is InChI=1S/C26H22F5N5O2/c1-3-9-37-15-7-8-16(18(10-15)26(29,30)31)20-11-23(38-35-20)14(2)36-13-22-21(12-32-36)33-25(34-22)17-5-4-6-19(27)24(17)28/h4-8,10-12,14H,3,9,13H2,1-2H3,(H,33,34). The highest BCUT2D eigenvalue weighted by molar-refractivity contribution is 5.81. The van der Waals surface area contributed by atoms with Crippen molar-refractivity contribution in [2.24, 2.45) is 5.10 Å². The molecule has 1 aliphatic rings. The zero-order valence-electron chi connectivity index (χ0n) is 20.3. The normalized spacial score (nSPS) is 14.0. The SMILES string of the molecule is CCCOc1ccc(-c2cc(C(C)N3Cc4[nH]c(-c5cccc(F)c5F)nc4C=N3)on2)c(C(F)(F)F)c1. The van der Waals surface area contributed by atoms with E-state index in [1.807, 2.05) is 6.92 Å². The van der Waals surface area contributed by atoms with Crippen molar-refractivity contribution in [2.75, 3.05) is 6.61 Å². The molecule has 0 spiro atoms. The third-order valence-electron chi connectivity index (χ3n) is 6.10. The fraction of sp³-hybridized carbons (Fsp3) is 0.269. The molecule has 1 N–H and O–H groups in total. The van der Waals surface area contributed by atoms with Crippen LogP contribution in [0, 0.1) is 11.6 Å². The molecule has 0 aliphatic carbocycles. The van der Waals surface area contributed by atoms with Crippen molar-refractivity contribution in [3.8, 4) is 28.4 Å². The van der Waals surface area contributed by atoms with Crippen LogP contribution in [0.15, 0.2) is 52.1 Å². The lowest BCUT2D eigenvalue weighted by molar-refractivity contribution is -0.137. The van der Waals surface area contributed by atoms with E-state index >= 15 is 0 Å². The molecule has 2 aromatic heterocycles. The molecule has 0 saturated carbocycles. The van der Waals surface area contributed by atoms with Gasteiger partial charge in [0, 0.05) is 11.6 Å². The largest absolute Gasteiger partial charge is 0.494 e. The van der Waals surface area contributed by atoms with Crippen molar-refractivity contribution in [1.29, 1.82) is 0 Å². The molecule has 2 aromatic carbocycles. The van der Waals surface area contributed by atoms with E-state index in [0.29, 0.717) is 24.4 Å². The average molecular weight is 531 g/mol. The van der Waals surface area contributed by atoms with E-state index < -0.39 is 29.4 Å². The molecule has 0 bridgehead atoms. The Kier molecular flexibility index (Phi) is 6.64. The number of rotatable bonds is 7. The Morgan fingerprint density at radius 1 is 1.13 bits per heavy atom. The molecule has 7 nitrogen and oxygen atoms in total. The van der Waals surface area contributed by atoms with Crippen LogP contribution in [0.2, 0.25) is 0 Å². The number of fused-ring (bicyclic) bond motifs is 1. The summed E-state index contributed by atoms with van der Waals surface area (Å²) in [5, 5.41) is 9.84. The zero-order valence-corrected chi connectivity index (χ0v) is 20.3. The molecule has 12 heteroatoms. The summed E-state index contributed by atoms with van der Waals surface area (Å²) in [6, 6.07) is 8.46. The lowest BCUT2D eigenvalue weighted by Crippen LogP contribution is -2.24. The predicted octanol–water partition coefficient (Wildman–Crippen LogP) is 6.73. The highest BCUT2D eigenvalue weighted by atomic mass is 19.4. The number of halogens is 5. The molecule has 0 amide bonds. The smallest absolute Gasteiger partial charge is 0.417 e. The lowest BCUT2D eigenvalue weighted by Gasteiger charge is -2.26. The van der Waals surface area contributed by atoms with Gasteiger partial charge in [0.25, 0.3) is 0 Å². The monoisotopic (exact) mass is 531 g/mol. The van der Waals surface area contributed by atoms with Gasteiger partial charge in [0.1, 0.15) is 29.0 Å². The van der Waals surface area contributed by atoms with Crippen LogP contribution in [0.3, 0.4) is 0 Å². The second-order valence-corrected chi connectivity index (χ2v) is 8.74. The summed E-state index contributed by atoms with van der Waals surface area (Å²) in [5.41, 5.74) is 0.0575. The Morgan fingerprint density at radius 2 is 1.95 bits per heavy atom. The molecule has 1 unspecified atom stereocenters. The molecule has 0 fully saturated rings. The van der Waals surface area contributed by atoms with Gasteiger partial charge in [-0.3, -0.25) is 5.01 Å². The van der Waals surface area contributed by atoms with Crippen LogP contribution in [0.1, 0.15) is 49.0 Å². The van der Waals surface area contributed by atoms with E-state index in [1.54, 1.807) is 11.9 Å². The van der Waals surface area contributed by atoms with Crippen LogP contribution < -0.4 is 4.74 Å². The molecule has 0 radical (unpaired) electrons. The molecule has 3 heterocycles. The highest BCUT2D eigenvalue weighted by Gasteiger charge is 2.35. The van der Waals surface area contributed by atoms with Gasteiger partial charge in [-0.1, -0.05) is 18.1 Å². The van der Waals surface area contributed by atoms with E-state index in [9.17, 15) is 22.0 Å². The topological polar surface area (TPSA) is 79.5 Å². The minimum atomic E-state index is -4.63. The van der Waals surface area contributed by atoms with Crippen LogP contribution in [-0.4, -0.2) is 33.0 Å². The number of aromatic amines is 1. The van der Waals surface area contributed by atoms with Crippen molar-refractivity contribution in [3.63, 3.8) is 0 Å². The molecular weight excluding hydrogens is 509 g/mol. The maximum absolute atomic E-state index is 14.2. The number of hydrogen-bond acceptors (Lipinski definition) is 6. The number of alkyl halides is 3. The number of ether oxygens (including phenoxy) is 1. The first-order valence-electron chi connectivity index (χ1n) is 11.8. The summed E-state index contributed by atoms with van der Waals surface area (Å²) in [6.07, 6.45) is -2.51. The number of nitrogens with zero attached hydrogens (tertiary/aromatic N) is 4. The average Bonchev–Trinajstić information content (AvgIpc) is 3.55. The van der Waals surface area contributed by atoms with Gasteiger partial charge in [-0.05, 0) is 43.7 Å². The van der Waals surface area contributed by atoms with Crippen LogP contribution in [0.4, 0.5) is 22.0 Å². The van der Waals surface area contributed by atoms with Gasteiger partial charge < -0.3 is 14.2 Å². The lowest BCUT2D eigenvalue weighted by atomic mass is 10.0.